The van der Waals surface area contributed by atoms with Gasteiger partial charge in [-0.1, -0.05) is 77.8 Å². The van der Waals surface area contributed by atoms with E-state index in [-0.39, 0.29) is 0 Å². The van der Waals surface area contributed by atoms with Crippen LogP contribution in [0.15, 0.2) is 79.0 Å². The second-order valence-corrected chi connectivity index (χ2v) is 7.74. The van der Waals surface area contributed by atoms with Crippen LogP contribution in [0.5, 0.6) is 0 Å². The minimum absolute atomic E-state index is 0.553. The first-order valence-corrected chi connectivity index (χ1v) is 10.2. The van der Waals surface area contributed by atoms with Gasteiger partial charge in [-0.2, -0.15) is 0 Å². The van der Waals surface area contributed by atoms with Crippen molar-refractivity contribution in [2.45, 2.75) is 6.42 Å². The van der Waals surface area contributed by atoms with Crippen LogP contribution in [0.4, 0.5) is 0 Å². The Morgan fingerprint density at radius 1 is 0.700 bits per heavy atom. The highest BCUT2D eigenvalue weighted by Gasteiger charge is 2.18. The number of nitrogens with zero attached hydrogens (tertiary/aromatic N) is 3. The molecule has 5 rings (SSSR count). The fourth-order valence-electron chi connectivity index (χ4n) is 3.56. The number of fused-ring (bicyclic) bond motifs is 1. The molecule has 0 aliphatic heterocycles. The van der Waals surface area contributed by atoms with Crippen LogP contribution in [0, 0.1) is 0 Å². The highest BCUT2D eigenvalue weighted by atomic mass is 35.5. The van der Waals surface area contributed by atoms with Crippen LogP contribution in [0.25, 0.3) is 33.4 Å². The van der Waals surface area contributed by atoms with E-state index in [1.165, 1.54) is 0 Å². The van der Waals surface area contributed by atoms with Crippen LogP contribution >= 0.6 is 23.2 Å². The van der Waals surface area contributed by atoms with Gasteiger partial charge in [-0.3, -0.25) is 0 Å². The van der Waals surface area contributed by atoms with Crippen molar-refractivity contribution in [2.24, 2.45) is 0 Å². The lowest BCUT2D eigenvalue weighted by molar-refractivity contribution is 0.876. The number of aromatic nitrogens is 4. The molecule has 5 aromatic rings. The number of halogens is 2. The van der Waals surface area contributed by atoms with E-state index in [0.717, 1.165) is 27.6 Å². The zero-order chi connectivity index (χ0) is 20.5. The van der Waals surface area contributed by atoms with Gasteiger partial charge < -0.3 is 4.98 Å². The van der Waals surface area contributed by atoms with Crippen molar-refractivity contribution in [2.75, 3.05) is 0 Å². The van der Waals surface area contributed by atoms with Crippen molar-refractivity contribution in [3.8, 4) is 22.5 Å². The van der Waals surface area contributed by atoms with Crippen molar-refractivity contribution >= 4 is 34.1 Å². The van der Waals surface area contributed by atoms with Gasteiger partial charge in [0.2, 0.25) is 0 Å². The summed E-state index contributed by atoms with van der Waals surface area (Å²) >= 11 is 13.0. The molecule has 0 bridgehead atoms. The second-order valence-electron chi connectivity index (χ2n) is 6.92. The number of benzene rings is 3. The third-order valence-corrected chi connectivity index (χ3v) is 5.67. The summed E-state index contributed by atoms with van der Waals surface area (Å²) in [5.74, 6) is 0.616. The lowest BCUT2D eigenvalue weighted by Gasteiger charge is -2.11. The van der Waals surface area contributed by atoms with E-state index in [1.807, 2.05) is 72.9 Å². The number of aromatic amines is 1. The standard InChI is InChI=1S/C24H16Cl2N4/c25-19-10-4-1-8-17(19)23-24(18-9-2-5-11-20(18)26)30-29-22(28-23)13-15-14-27-21-12-6-3-7-16(15)21/h1-12,14,27H,13H2. The molecule has 6 heteroatoms. The molecule has 30 heavy (non-hydrogen) atoms. The molecule has 0 fully saturated rings. The summed E-state index contributed by atoms with van der Waals surface area (Å²) in [7, 11) is 0. The van der Waals surface area contributed by atoms with Crippen LogP contribution in [-0.4, -0.2) is 20.2 Å². The summed E-state index contributed by atoms with van der Waals surface area (Å²) < 4.78 is 0. The molecule has 0 saturated carbocycles. The lowest BCUT2D eigenvalue weighted by Crippen LogP contribution is -2.04. The maximum absolute atomic E-state index is 6.51. The van der Waals surface area contributed by atoms with Gasteiger partial charge in [0, 0.05) is 34.6 Å². The number of hydrogen-bond donors (Lipinski definition) is 1. The molecule has 0 aliphatic carbocycles. The largest absolute Gasteiger partial charge is 0.361 e. The molecule has 0 radical (unpaired) electrons. The predicted molar refractivity (Wildman–Crippen MR) is 122 cm³/mol. The molecular formula is C24H16Cl2N4. The molecule has 1 N–H and O–H groups in total. The molecule has 0 saturated heterocycles. The van der Waals surface area contributed by atoms with Crippen molar-refractivity contribution in [1.82, 2.24) is 20.2 Å². The molecule has 0 unspecified atom stereocenters. The Kier molecular flexibility index (Phi) is 4.95. The van der Waals surface area contributed by atoms with Crippen molar-refractivity contribution < 1.29 is 0 Å². The lowest BCUT2D eigenvalue weighted by atomic mass is 10.0. The first-order valence-electron chi connectivity index (χ1n) is 9.49. The van der Waals surface area contributed by atoms with Crippen LogP contribution in [0.3, 0.4) is 0 Å². The van der Waals surface area contributed by atoms with E-state index < -0.39 is 0 Å². The zero-order valence-electron chi connectivity index (χ0n) is 15.8. The van der Waals surface area contributed by atoms with Gasteiger partial charge in [0.1, 0.15) is 11.4 Å². The molecule has 146 valence electrons. The highest BCUT2D eigenvalue weighted by Crippen LogP contribution is 2.36. The van der Waals surface area contributed by atoms with Gasteiger partial charge in [-0.05, 0) is 23.8 Å². The summed E-state index contributed by atoms with van der Waals surface area (Å²) in [6.07, 6.45) is 2.54. The molecule has 2 aromatic heterocycles. The quantitative estimate of drug-likeness (QED) is 0.350. The van der Waals surface area contributed by atoms with Crippen LogP contribution in [-0.2, 0) is 6.42 Å². The number of hydrogen-bond acceptors (Lipinski definition) is 3. The van der Waals surface area contributed by atoms with Crippen LogP contribution < -0.4 is 0 Å². The molecule has 2 heterocycles. The Labute approximate surface area is 183 Å². The smallest absolute Gasteiger partial charge is 0.156 e. The first-order chi connectivity index (χ1) is 14.7. The third kappa shape index (κ3) is 3.45. The van der Waals surface area contributed by atoms with E-state index in [4.69, 9.17) is 28.2 Å². The third-order valence-electron chi connectivity index (χ3n) is 5.01. The summed E-state index contributed by atoms with van der Waals surface area (Å²) in [6, 6.07) is 23.3. The monoisotopic (exact) mass is 430 g/mol. The maximum Gasteiger partial charge on any atom is 0.156 e. The zero-order valence-corrected chi connectivity index (χ0v) is 17.3. The SMILES string of the molecule is Clc1ccccc1-c1nnc(Cc2c[nH]c3ccccc23)nc1-c1ccccc1Cl. The van der Waals surface area contributed by atoms with E-state index in [0.29, 0.717) is 33.7 Å². The molecule has 3 aromatic carbocycles. The van der Waals surface area contributed by atoms with E-state index in [2.05, 4.69) is 21.2 Å². The summed E-state index contributed by atoms with van der Waals surface area (Å²) in [5, 5.41) is 11.3. The molecule has 4 nitrogen and oxygen atoms in total. The Morgan fingerprint density at radius 3 is 2.07 bits per heavy atom. The predicted octanol–water partition coefficient (Wildman–Crippen LogP) is 6.58. The van der Waals surface area contributed by atoms with Crippen molar-refractivity contribution in [3.63, 3.8) is 0 Å². The Morgan fingerprint density at radius 2 is 1.33 bits per heavy atom. The second kappa shape index (κ2) is 7.90. The fourth-order valence-corrected chi connectivity index (χ4v) is 4.01. The van der Waals surface area contributed by atoms with Gasteiger partial charge in [-0.15, -0.1) is 10.2 Å². The van der Waals surface area contributed by atoms with E-state index >= 15 is 0 Å². The average molecular weight is 431 g/mol. The topological polar surface area (TPSA) is 54.5 Å². The average Bonchev–Trinajstić information content (AvgIpc) is 3.18. The van der Waals surface area contributed by atoms with E-state index in [9.17, 15) is 0 Å². The minimum Gasteiger partial charge on any atom is -0.361 e. The van der Waals surface area contributed by atoms with Gasteiger partial charge in [0.05, 0.1) is 10.0 Å². The number of H-pyrrole nitrogens is 1. The fraction of sp³-hybridized carbons (Fsp3) is 0.0417. The van der Waals surface area contributed by atoms with Gasteiger partial charge in [0.15, 0.2) is 5.82 Å². The van der Waals surface area contributed by atoms with Crippen molar-refractivity contribution in [3.05, 3.63) is 100 Å². The molecule has 0 atom stereocenters. The maximum atomic E-state index is 6.51. The van der Waals surface area contributed by atoms with Crippen LogP contribution in [0.1, 0.15) is 11.4 Å². The number of para-hydroxylation sites is 1. The molecular weight excluding hydrogens is 415 g/mol. The molecule has 0 spiro atoms. The normalized spacial score (nSPS) is 11.1. The van der Waals surface area contributed by atoms with Gasteiger partial charge in [0.25, 0.3) is 0 Å². The summed E-state index contributed by atoms with van der Waals surface area (Å²) in [5.41, 5.74) is 5.04. The minimum atomic E-state index is 0.553. The van der Waals surface area contributed by atoms with Gasteiger partial charge in [-0.25, -0.2) is 4.98 Å². The van der Waals surface area contributed by atoms with Crippen LogP contribution in [0.2, 0.25) is 10.0 Å². The van der Waals surface area contributed by atoms with E-state index in [1.54, 1.807) is 0 Å². The molecule has 0 amide bonds. The molecule has 0 aliphatic rings. The Balaban J connectivity index is 1.65. The van der Waals surface area contributed by atoms with Gasteiger partial charge >= 0.3 is 0 Å². The Hall–Kier alpha value is -3.21. The summed E-state index contributed by atoms with van der Waals surface area (Å²) in [4.78, 5) is 8.17. The van der Waals surface area contributed by atoms with Crippen molar-refractivity contribution in [1.29, 1.82) is 0 Å². The number of rotatable bonds is 4. The highest BCUT2D eigenvalue weighted by molar-refractivity contribution is 6.34. The Bertz CT molecular complexity index is 1360. The first kappa shape index (κ1) is 18.8. The number of nitrogens with one attached hydrogen (secondary N) is 1. The summed E-state index contributed by atoms with van der Waals surface area (Å²) in [6.45, 7) is 0.